The molecule has 5 aliphatic heterocycles. The topological polar surface area (TPSA) is 233 Å². The third-order valence-corrected chi connectivity index (χ3v) is 13.0. The number of carbonyl (C=O) groups is 7. The largest absolute Gasteiger partial charge is 0.382 e. The van der Waals surface area contributed by atoms with E-state index in [4.69, 9.17) is 15.5 Å². The van der Waals surface area contributed by atoms with Crippen LogP contribution < -0.4 is 26.6 Å². The molecule has 5 N–H and O–H groups in total. The molecule has 0 saturated carbocycles. The van der Waals surface area contributed by atoms with Gasteiger partial charge in [0.05, 0.1) is 43.0 Å². The number of likely N-dealkylation sites (N-methyl/N-ethyl adjacent to an activating group) is 1. The zero-order chi connectivity index (χ0) is 44.4. The summed E-state index contributed by atoms with van der Waals surface area (Å²) < 4.78 is 5.76. The molecule has 0 aliphatic carbocycles. The van der Waals surface area contributed by atoms with Crippen molar-refractivity contribution in [2.45, 2.75) is 69.4 Å². The Morgan fingerprint density at radius 3 is 2.46 bits per heavy atom. The summed E-state index contributed by atoms with van der Waals surface area (Å²) in [4.78, 5) is 106. The second-order valence-electron chi connectivity index (χ2n) is 17.0. The van der Waals surface area contributed by atoms with Crippen LogP contribution in [0, 0.1) is 0 Å². The summed E-state index contributed by atoms with van der Waals surface area (Å²) in [7, 11) is 1.82. The summed E-state index contributed by atoms with van der Waals surface area (Å²) in [6, 6.07) is 11.9. The van der Waals surface area contributed by atoms with E-state index in [0.717, 1.165) is 42.7 Å². The van der Waals surface area contributed by atoms with E-state index in [1.165, 1.54) is 6.07 Å². The van der Waals surface area contributed by atoms with Crippen LogP contribution >= 0.6 is 0 Å². The second kappa shape index (κ2) is 18.0. The summed E-state index contributed by atoms with van der Waals surface area (Å²) in [6.45, 7) is 6.97. The first kappa shape index (κ1) is 43.0. The summed E-state index contributed by atoms with van der Waals surface area (Å²) in [5.41, 5.74) is 8.23. The van der Waals surface area contributed by atoms with Gasteiger partial charge in [-0.1, -0.05) is 25.1 Å². The molecule has 4 saturated heterocycles. The van der Waals surface area contributed by atoms with Gasteiger partial charge >= 0.3 is 6.03 Å². The highest BCUT2D eigenvalue weighted by Crippen LogP contribution is 2.37. The summed E-state index contributed by atoms with van der Waals surface area (Å²) in [5, 5.41) is 8.61. The van der Waals surface area contributed by atoms with E-state index in [-0.39, 0.29) is 79.9 Å². The first-order chi connectivity index (χ1) is 30.3. The quantitative estimate of drug-likeness (QED) is 0.135. The minimum absolute atomic E-state index is 0. The van der Waals surface area contributed by atoms with Crippen LogP contribution in [-0.4, -0.2) is 149 Å². The minimum Gasteiger partial charge on any atom is -0.382 e. The number of ether oxygens (including phenoxy) is 1. The molecule has 8 amide bonds. The number of benzene rings is 2. The van der Waals surface area contributed by atoms with Gasteiger partial charge in [0.2, 0.25) is 17.7 Å². The number of amides is 8. The maximum Gasteiger partial charge on any atom is 0.320 e. The summed E-state index contributed by atoms with van der Waals surface area (Å²) in [6.07, 6.45) is 5.26. The fourth-order valence-corrected chi connectivity index (χ4v) is 9.19. The molecule has 5 aliphatic rings. The predicted molar refractivity (Wildman–Crippen MR) is 233 cm³/mol. The van der Waals surface area contributed by atoms with Gasteiger partial charge in [-0.15, -0.1) is 0 Å². The Hall–Kier alpha value is -6.63. The number of nitrogens with one attached hydrogen (secondary N) is 3. The third kappa shape index (κ3) is 8.87. The molecule has 19 heteroatoms. The Morgan fingerprint density at radius 2 is 1.75 bits per heavy atom. The van der Waals surface area contributed by atoms with Gasteiger partial charge in [-0.2, -0.15) is 0 Å². The first-order valence-electron chi connectivity index (χ1n) is 21.6. The molecule has 1 unspecified atom stereocenters. The summed E-state index contributed by atoms with van der Waals surface area (Å²) >= 11 is 0. The van der Waals surface area contributed by atoms with E-state index < -0.39 is 35.6 Å². The van der Waals surface area contributed by atoms with Gasteiger partial charge in [-0.3, -0.25) is 39.0 Å². The van der Waals surface area contributed by atoms with E-state index in [9.17, 15) is 33.6 Å². The monoisotopic (exact) mass is 865 g/mol. The average Bonchev–Trinajstić information content (AvgIpc) is 3.75. The van der Waals surface area contributed by atoms with Crippen LogP contribution in [0.3, 0.4) is 0 Å². The number of rotatable bonds is 14. The molecule has 6 heterocycles. The number of imide groups is 2. The highest BCUT2D eigenvalue weighted by Gasteiger charge is 2.45. The standard InChI is InChI=1S/C44H53N11O8.H2/c1-44(27-8-10-28(11-9-27)48-39-37(38(45)58)47-25-33(49-39)53-18-4-5-29(26-53)54-22-21-51(2)43(54)62)15-19-52(20-16-44)35(57)14-23-63-24-17-46-31-7-3-6-30-36(31)42(61)55(41(30)60)32-12-13-34(56)50-40(32)59;/h3,6-11,25,29,32,46H,4-5,12-24,26H2,1-2H3,(H2,45,58)(H,48,49)(H,50,56,59);1H/t29-,32?;/m1./s1. The van der Waals surface area contributed by atoms with Gasteiger partial charge in [0, 0.05) is 72.1 Å². The van der Waals surface area contributed by atoms with E-state index in [0.29, 0.717) is 56.5 Å². The molecule has 8 rings (SSSR count). The van der Waals surface area contributed by atoms with E-state index in [1.807, 2.05) is 41.1 Å². The molecule has 2 atom stereocenters. The van der Waals surface area contributed by atoms with Crippen LogP contribution in [0.25, 0.3) is 0 Å². The van der Waals surface area contributed by atoms with Crippen LogP contribution in [-0.2, 0) is 24.5 Å². The van der Waals surface area contributed by atoms with Crippen molar-refractivity contribution >= 4 is 64.5 Å². The Morgan fingerprint density at radius 1 is 0.968 bits per heavy atom. The lowest BCUT2D eigenvalue weighted by Gasteiger charge is -2.40. The molecular formula is C44H55N11O8. The molecule has 0 spiro atoms. The smallest absolute Gasteiger partial charge is 0.320 e. The number of aromatic nitrogens is 2. The third-order valence-electron chi connectivity index (χ3n) is 13.0. The molecule has 4 fully saturated rings. The van der Waals surface area contributed by atoms with Crippen molar-refractivity contribution in [3.63, 3.8) is 0 Å². The van der Waals surface area contributed by atoms with Crippen LogP contribution in [0.5, 0.6) is 0 Å². The number of nitrogens with two attached hydrogens (primary N) is 1. The fourth-order valence-electron chi connectivity index (χ4n) is 9.19. The zero-order valence-electron chi connectivity index (χ0n) is 35.6. The lowest BCUT2D eigenvalue weighted by molar-refractivity contribution is -0.136. The molecule has 334 valence electrons. The average molecular weight is 866 g/mol. The van der Waals surface area contributed by atoms with Crippen molar-refractivity contribution in [1.29, 1.82) is 0 Å². The molecular weight excluding hydrogens is 811 g/mol. The fraction of sp³-hybridized carbons (Fsp3) is 0.477. The Kier molecular flexibility index (Phi) is 12.3. The number of urea groups is 1. The van der Waals surface area contributed by atoms with E-state index in [2.05, 4.69) is 32.8 Å². The van der Waals surface area contributed by atoms with Gasteiger partial charge in [-0.05, 0) is 67.3 Å². The van der Waals surface area contributed by atoms with Crippen LogP contribution in [0.15, 0.2) is 48.7 Å². The lowest BCUT2D eigenvalue weighted by Crippen LogP contribution is -2.54. The number of primary amides is 1. The van der Waals surface area contributed by atoms with Crippen LogP contribution in [0.4, 0.5) is 27.8 Å². The number of nitrogens with zero attached hydrogens (tertiary/aromatic N) is 7. The summed E-state index contributed by atoms with van der Waals surface area (Å²) in [5.74, 6) is -2.08. The van der Waals surface area contributed by atoms with Crippen molar-refractivity contribution in [1.82, 2.24) is 34.9 Å². The Labute approximate surface area is 366 Å². The normalized spacial score (nSPS) is 21.2. The second-order valence-corrected chi connectivity index (χ2v) is 17.0. The van der Waals surface area contributed by atoms with Crippen molar-refractivity contribution in [2.75, 3.05) is 81.6 Å². The predicted octanol–water partition coefficient (Wildman–Crippen LogP) is 2.70. The number of piperidine rings is 3. The van der Waals surface area contributed by atoms with Crippen molar-refractivity contribution < 1.29 is 39.7 Å². The number of likely N-dealkylation sites (tertiary alicyclic amines) is 1. The van der Waals surface area contributed by atoms with Gasteiger partial charge in [0.25, 0.3) is 17.7 Å². The highest BCUT2D eigenvalue weighted by molar-refractivity contribution is 6.25. The molecule has 19 nitrogen and oxygen atoms in total. The first-order valence-corrected chi connectivity index (χ1v) is 21.6. The highest BCUT2D eigenvalue weighted by atomic mass is 16.5. The SMILES string of the molecule is CN1CCN([C@@H]2CCCN(c3cnc(C(N)=O)c(Nc4ccc(C5(C)CCN(C(=O)CCOCCNc6cccc7c6C(=O)N(C6CCC(=O)NC6=O)C7=O)CC5)cc4)n3)C2)C1=O.[HH]. The van der Waals surface area contributed by atoms with Gasteiger partial charge in [0.15, 0.2) is 11.5 Å². The number of fused-ring (bicyclic) bond motifs is 1. The number of hydrogen-bond acceptors (Lipinski definition) is 13. The van der Waals surface area contributed by atoms with Gasteiger partial charge in [-0.25, -0.2) is 14.8 Å². The van der Waals surface area contributed by atoms with Crippen molar-refractivity contribution in [2.24, 2.45) is 5.73 Å². The van der Waals surface area contributed by atoms with Crippen LogP contribution in [0.2, 0.25) is 0 Å². The Bertz CT molecular complexity index is 2320. The number of hydrogen-bond donors (Lipinski definition) is 4. The van der Waals surface area contributed by atoms with Gasteiger partial charge in [0.1, 0.15) is 11.9 Å². The molecule has 3 aromatic rings. The Balaban J connectivity index is 0.00000612. The van der Waals surface area contributed by atoms with Gasteiger partial charge < -0.3 is 40.7 Å². The molecule has 63 heavy (non-hydrogen) atoms. The number of anilines is 4. The maximum atomic E-state index is 13.3. The molecule has 0 radical (unpaired) electrons. The lowest BCUT2D eigenvalue weighted by atomic mass is 9.74. The van der Waals surface area contributed by atoms with E-state index >= 15 is 0 Å². The van der Waals surface area contributed by atoms with Crippen molar-refractivity contribution in [3.8, 4) is 0 Å². The molecule has 1 aromatic heterocycles. The molecule has 2 aromatic carbocycles. The van der Waals surface area contributed by atoms with Crippen LogP contribution in [0.1, 0.15) is 90.1 Å². The van der Waals surface area contributed by atoms with Crippen molar-refractivity contribution in [3.05, 3.63) is 71.0 Å². The molecule has 0 bridgehead atoms. The maximum absolute atomic E-state index is 13.3. The van der Waals surface area contributed by atoms with E-state index in [1.54, 1.807) is 23.2 Å². The minimum atomic E-state index is -1.04. The number of carbonyl (C=O) groups excluding carboxylic acids is 7. The zero-order valence-corrected chi connectivity index (χ0v) is 35.6.